The fraction of sp³-hybridized carbons (Fsp3) is 0.0943. The van der Waals surface area contributed by atoms with Gasteiger partial charge in [-0.1, -0.05) is 300 Å². The number of aryl methyl sites for hydroxylation is 2. The summed E-state index contributed by atoms with van der Waals surface area (Å²) in [4.78, 5) is 4.92. The van der Waals surface area contributed by atoms with Crippen LogP contribution in [0, 0.1) is 19.8 Å². The molecule has 0 saturated heterocycles. The van der Waals surface area contributed by atoms with Crippen molar-refractivity contribution >= 4 is 87.6 Å². The molecule has 0 spiro atoms. The zero-order valence-corrected chi connectivity index (χ0v) is 63.2. The molecular weight excluding hydrogens is 1350 g/mol. The largest absolute Gasteiger partial charge is 0.454 e. The third kappa shape index (κ3) is 9.88. The van der Waals surface area contributed by atoms with Crippen molar-refractivity contribution in [1.29, 1.82) is 0 Å². The van der Waals surface area contributed by atoms with Gasteiger partial charge in [0.2, 0.25) is 0 Å². The third-order valence-corrected chi connectivity index (χ3v) is 25.9. The average Bonchev–Trinajstić information content (AvgIpc) is 1.53. The second-order valence-corrected chi connectivity index (χ2v) is 32.5. The van der Waals surface area contributed by atoms with Crippen LogP contribution in [0.4, 0.5) is 34.1 Å². The van der Waals surface area contributed by atoms with Gasteiger partial charge in [0.1, 0.15) is 5.58 Å². The molecule has 4 heteroatoms. The van der Waals surface area contributed by atoms with Crippen LogP contribution in [0.5, 0.6) is 0 Å². The summed E-state index contributed by atoms with van der Waals surface area (Å²) in [7, 11) is 0. The van der Waals surface area contributed by atoms with Gasteiger partial charge in [0.05, 0.1) is 11.1 Å². The Morgan fingerprint density at radius 3 is 1.44 bits per heavy atom. The van der Waals surface area contributed by atoms with Gasteiger partial charge in [0.25, 0.3) is 0 Å². The van der Waals surface area contributed by atoms with Crippen molar-refractivity contribution in [2.45, 2.75) is 57.8 Å². The molecule has 2 unspecified atom stereocenters. The molecule has 0 bridgehead atoms. The van der Waals surface area contributed by atoms with E-state index in [-0.39, 0.29) is 11.3 Å². The molecule has 524 valence electrons. The minimum Gasteiger partial charge on any atom is -0.454 e. The molecule has 18 aromatic rings. The van der Waals surface area contributed by atoms with E-state index in [1.165, 1.54) is 137 Å². The van der Waals surface area contributed by atoms with E-state index in [2.05, 4.69) is 409 Å². The Bertz CT molecular complexity index is 6720. The first-order valence-electron chi connectivity index (χ1n) is 38.6. The summed E-state index contributed by atoms with van der Waals surface area (Å²) >= 11 is 1.87. The van der Waals surface area contributed by atoms with Gasteiger partial charge in [0, 0.05) is 70.2 Å². The fourth-order valence-electron chi connectivity index (χ4n) is 19.4. The van der Waals surface area contributed by atoms with Crippen LogP contribution in [0.25, 0.3) is 109 Å². The molecule has 0 aliphatic heterocycles. The quantitative estimate of drug-likeness (QED) is 0.115. The molecule has 3 aliphatic rings. The van der Waals surface area contributed by atoms with Gasteiger partial charge in [-0.05, 0) is 234 Å². The lowest BCUT2D eigenvalue weighted by molar-refractivity contribution is 0.447. The zero-order chi connectivity index (χ0) is 73.7. The summed E-state index contributed by atoms with van der Waals surface area (Å²) in [6, 6.07) is 135. The number of thiophene rings is 1. The van der Waals surface area contributed by atoms with Crippen molar-refractivity contribution in [3.05, 3.63) is 419 Å². The Balaban J connectivity index is 0.657. The molecule has 0 amide bonds. The topological polar surface area (TPSA) is 19.6 Å². The Hall–Kier alpha value is -12.9. The fourth-order valence-corrected chi connectivity index (χ4v) is 20.5. The summed E-state index contributed by atoms with van der Waals surface area (Å²) < 4.78 is 9.56. The molecule has 0 saturated carbocycles. The molecule has 0 radical (unpaired) electrons. The van der Waals surface area contributed by atoms with E-state index in [4.69, 9.17) is 4.42 Å². The monoisotopic (exact) mass is 1430 g/mol. The van der Waals surface area contributed by atoms with Crippen molar-refractivity contribution in [3.63, 3.8) is 0 Å². The van der Waals surface area contributed by atoms with E-state index in [1.54, 1.807) is 0 Å². The van der Waals surface area contributed by atoms with Crippen molar-refractivity contribution in [3.8, 4) is 66.8 Å². The number of nitrogens with zero attached hydrogens (tertiary/aromatic N) is 2. The normalized spacial score (nSPS) is 15.6. The number of anilines is 6. The van der Waals surface area contributed by atoms with E-state index in [9.17, 15) is 0 Å². The second-order valence-electron chi connectivity index (χ2n) is 31.4. The molecule has 21 rings (SSSR count). The maximum absolute atomic E-state index is 6.92. The number of para-hydroxylation sites is 2. The highest BCUT2D eigenvalue weighted by atomic mass is 32.1. The smallest absolute Gasteiger partial charge is 0.159 e. The van der Waals surface area contributed by atoms with Crippen LogP contribution < -0.4 is 9.80 Å². The summed E-state index contributed by atoms with van der Waals surface area (Å²) in [5.41, 5.74) is 35.8. The van der Waals surface area contributed by atoms with Crippen LogP contribution in [0.2, 0.25) is 0 Å². The minimum absolute atomic E-state index is 0.179. The van der Waals surface area contributed by atoms with E-state index in [0.717, 1.165) is 67.2 Å². The molecule has 2 heterocycles. The van der Waals surface area contributed by atoms with Gasteiger partial charge in [-0.25, -0.2) is 0 Å². The molecule has 0 fully saturated rings. The molecule has 2 aromatic heterocycles. The van der Waals surface area contributed by atoms with Crippen LogP contribution in [-0.2, 0) is 16.2 Å². The van der Waals surface area contributed by atoms with Crippen LogP contribution in [-0.4, -0.2) is 0 Å². The third-order valence-electron chi connectivity index (χ3n) is 24.7. The zero-order valence-electron chi connectivity index (χ0n) is 62.4. The first-order chi connectivity index (χ1) is 53.9. The maximum Gasteiger partial charge on any atom is 0.159 e. The van der Waals surface area contributed by atoms with Crippen molar-refractivity contribution in [2.24, 2.45) is 5.92 Å². The van der Waals surface area contributed by atoms with Gasteiger partial charge in [-0.3, -0.25) is 0 Å². The summed E-state index contributed by atoms with van der Waals surface area (Å²) in [6.45, 7) is 14.0. The molecule has 16 aromatic carbocycles. The molecule has 0 N–H and O–H groups in total. The Morgan fingerprint density at radius 2 is 0.755 bits per heavy atom. The summed E-state index contributed by atoms with van der Waals surface area (Å²) in [6.07, 6.45) is 0. The van der Waals surface area contributed by atoms with Crippen molar-refractivity contribution in [2.75, 3.05) is 9.80 Å². The summed E-state index contributed by atoms with van der Waals surface area (Å²) in [5, 5.41) is 4.80. The molecular formula is C106H78N2OS. The second kappa shape index (κ2) is 25.1. The standard InChI is InChI=1S/C106H78N2OS/c1-66(2)105(76-45-31-67(3)32-46-76)95-59-43-73(61-91(95)87-58-54-81(64-97(87)105)107(80-53-56-85-83-21-10-14-26-93(83)104(5,6)96(85)63-80)78-49-41-72(42-50-78)74-44-60-102-92(62-74)89-24-13-17-30-101(89)110-102)71-37-35-69(36-38-71)70-39-51-79(52-40-70)108(99-28-18-25-90-88-23-12-16-29-100(88)109-103(90)99)82-55-57-86-84-22-11-15-27-94(84)106(98(86)65-82,75-19-8-7-9-20-75)77-47-33-68(4)34-48-77/h7-66H,1-6H3. The minimum atomic E-state index is -0.578. The predicted octanol–water partition coefficient (Wildman–Crippen LogP) is 29.2. The number of fused-ring (bicyclic) bond motifs is 15. The molecule has 2 atom stereocenters. The number of benzene rings is 16. The molecule has 110 heavy (non-hydrogen) atoms. The molecule has 3 nitrogen and oxygen atoms in total. The molecule has 3 aliphatic carbocycles. The Morgan fingerprint density at radius 1 is 0.291 bits per heavy atom. The van der Waals surface area contributed by atoms with Crippen LogP contribution in [0.1, 0.15) is 88.9 Å². The lowest BCUT2D eigenvalue weighted by atomic mass is 9.65. The highest BCUT2D eigenvalue weighted by molar-refractivity contribution is 7.25. The number of hydrogen-bond acceptors (Lipinski definition) is 4. The van der Waals surface area contributed by atoms with Gasteiger partial charge in [0.15, 0.2) is 5.58 Å². The number of hydrogen-bond donors (Lipinski definition) is 0. The highest BCUT2D eigenvalue weighted by Crippen LogP contribution is 2.61. The van der Waals surface area contributed by atoms with Gasteiger partial charge >= 0.3 is 0 Å². The lowest BCUT2D eigenvalue weighted by Crippen LogP contribution is -2.33. The first kappa shape index (κ1) is 65.4. The van der Waals surface area contributed by atoms with Gasteiger partial charge in [-0.2, -0.15) is 0 Å². The SMILES string of the molecule is Cc1ccc(C2(c3ccccc3)c3ccccc3-c3ccc(N(c4ccc(-c5ccc(-c6ccc7c(c6)-c6ccc(N(c8ccc(-c9ccc%10sc%11ccccc%11c%10c9)cc8)c8ccc9c(c8)C(C)(C)c8ccccc8-9)cc6C7(c6ccc(C)cc6)C(C)C)cc5)cc4)c4cccc5c4oc4ccccc45)cc32)cc1. The number of rotatable bonds is 13. The lowest BCUT2D eigenvalue weighted by Gasteiger charge is -2.38. The highest BCUT2D eigenvalue weighted by Gasteiger charge is 2.49. The van der Waals surface area contributed by atoms with Crippen LogP contribution in [0.3, 0.4) is 0 Å². The van der Waals surface area contributed by atoms with E-state index < -0.39 is 10.8 Å². The predicted molar refractivity (Wildman–Crippen MR) is 463 cm³/mol. The average molecular weight is 1430 g/mol. The van der Waals surface area contributed by atoms with E-state index >= 15 is 0 Å². The van der Waals surface area contributed by atoms with Crippen LogP contribution in [0.15, 0.2) is 362 Å². The van der Waals surface area contributed by atoms with Crippen molar-refractivity contribution < 1.29 is 4.42 Å². The van der Waals surface area contributed by atoms with E-state index in [0.29, 0.717) is 0 Å². The maximum atomic E-state index is 6.92. The van der Waals surface area contributed by atoms with Gasteiger partial charge < -0.3 is 14.2 Å². The van der Waals surface area contributed by atoms with Gasteiger partial charge in [-0.15, -0.1) is 11.3 Å². The first-order valence-corrected chi connectivity index (χ1v) is 39.4. The Kier molecular flexibility index (Phi) is 14.9. The number of furan rings is 1. The Labute approximate surface area is 646 Å². The summed E-state index contributed by atoms with van der Waals surface area (Å²) in [5.74, 6) is 0.196. The van der Waals surface area contributed by atoms with E-state index in [1.807, 2.05) is 11.3 Å². The van der Waals surface area contributed by atoms with Crippen molar-refractivity contribution in [1.82, 2.24) is 0 Å². The van der Waals surface area contributed by atoms with Crippen LogP contribution >= 0.6 is 11.3 Å².